The van der Waals surface area contributed by atoms with Crippen molar-refractivity contribution in [3.05, 3.63) is 44.0 Å². The summed E-state index contributed by atoms with van der Waals surface area (Å²) in [5, 5.41) is 26.1. The number of fused-ring (bicyclic) bond motifs is 2. The van der Waals surface area contributed by atoms with Gasteiger partial charge in [0.15, 0.2) is 0 Å². The first-order valence-electron chi connectivity index (χ1n) is 9.71. The fourth-order valence-electron chi connectivity index (χ4n) is 5.00. The van der Waals surface area contributed by atoms with Gasteiger partial charge in [-0.2, -0.15) is 0 Å². The van der Waals surface area contributed by atoms with Crippen LogP contribution >= 0.6 is 0 Å². The minimum atomic E-state index is -1.04. The average molecular weight is 432 g/mol. The standard InChI is InChI=1S/C20H24N4O7/c1-18(2)19(3)6-7-20(18,17(26)22(4)5)11-15(19)21-31-16(25)12-8-13(23(27)28)10-14(9-12)24(29)30/h8-10H,6-7,11H2,1-5H3. The Hall–Kier alpha value is -3.37. The van der Waals surface area contributed by atoms with Crippen LogP contribution in [-0.2, 0) is 9.63 Å². The van der Waals surface area contributed by atoms with Gasteiger partial charge in [0.2, 0.25) is 5.91 Å². The van der Waals surface area contributed by atoms with Crippen LogP contribution in [0.25, 0.3) is 0 Å². The lowest BCUT2D eigenvalue weighted by Crippen LogP contribution is -2.46. The number of amides is 1. The van der Waals surface area contributed by atoms with Crippen molar-refractivity contribution in [2.45, 2.75) is 40.0 Å². The van der Waals surface area contributed by atoms with Crippen molar-refractivity contribution >= 4 is 29.0 Å². The van der Waals surface area contributed by atoms with Gasteiger partial charge in [0.25, 0.3) is 11.4 Å². The van der Waals surface area contributed by atoms with Gasteiger partial charge in [-0.1, -0.05) is 25.9 Å². The van der Waals surface area contributed by atoms with E-state index in [-0.39, 0.29) is 11.5 Å². The van der Waals surface area contributed by atoms with E-state index in [2.05, 4.69) is 5.16 Å². The molecule has 2 aliphatic carbocycles. The van der Waals surface area contributed by atoms with Crippen LogP contribution in [0.1, 0.15) is 50.4 Å². The summed E-state index contributed by atoms with van der Waals surface area (Å²) < 4.78 is 0. The van der Waals surface area contributed by atoms with E-state index in [4.69, 9.17) is 4.84 Å². The molecule has 1 amide bonds. The van der Waals surface area contributed by atoms with Crippen LogP contribution in [0.5, 0.6) is 0 Å². The summed E-state index contributed by atoms with van der Waals surface area (Å²) in [6, 6.07) is 2.57. The number of carbonyl (C=O) groups excluding carboxylic acids is 2. The molecule has 0 N–H and O–H groups in total. The third-order valence-corrected chi connectivity index (χ3v) is 7.35. The molecule has 2 unspecified atom stereocenters. The highest BCUT2D eigenvalue weighted by atomic mass is 16.7. The Labute approximate surface area is 178 Å². The summed E-state index contributed by atoms with van der Waals surface area (Å²) in [7, 11) is 3.40. The molecule has 0 spiro atoms. The van der Waals surface area contributed by atoms with Crippen molar-refractivity contribution < 1.29 is 24.3 Å². The van der Waals surface area contributed by atoms with E-state index in [1.54, 1.807) is 19.0 Å². The van der Waals surface area contributed by atoms with Crippen LogP contribution in [-0.4, -0.2) is 46.4 Å². The molecule has 1 aromatic rings. The van der Waals surface area contributed by atoms with Crippen molar-refractivity contribution in [3.8, 4) is 0 Å². The van der Waals surface area contributed by atoms with Gasteiger partial charge in [-0.05, 0) is 18.3 Å². The highest BCUT2D eigenvalue weighted by molar-refractivity contribution is 6.02. The Morgan fingerprint density at radius 2 is 1.58 bits per heavy atom. The third-order valence-electron chi connectivity index (χ3n) is 7.35. The Morgan fingerprint density at radius 3 is 2.06 bits per heavy atom. The van der Waals surface area contributed by atoms with Gasteiger partial charge in [0, 0.05) is 38.1 Å². The van der Waals surface area contributed by atoms with Gasteiger partial charge in [-0.15, -0.1) is 0 Å². The lowest BCUT2D eigenvalue weighted by Gasteiger charge is -2.40. The smallest absolute Gasteiger partial charge is 0.348 e. The maximum absolute atomic E-state index is 13.0. The van der Waals surface area contributed by atoms with E-state index in [1.165, 1.54) is 0 Å². The monoisotopic (exact) mass is 432 g/mol. The highest BCUT2D eigenvalue weighted by Crippen LogP contribution is 2.71. The van der Waals surface area contributed by atoms with Gasteiger partial charge >= 0.3 is 5.97 Å². The number of rotatable bonds is 5. The first-order valence-corrected chi connectivity index (χ1v) is 9.71. The summed E-state index contributed by atoms with van der Waals surface area (Å²) >= 11 is 0. The van der Waals surface area contributed by atoms with E-state index in [1.807, 2.05) is 20.8 Å². The van der Waals surface area contributed by atoms with E-state index >= 15 is 0 Å². The maximum atomic E-state index is 13.0. The summed E-state index contributed by atoms with van der Waals surface area (Å²) in [6.07, 6.45) is 1.71. The average Bonchev–Trinajstić information content (AvgIpc) is 3.01. The number of nitrogens with zero attached hydrogens (tertiary/aromatic N) is 4. The van der Waals surface area contributed by atoms with Gasteiger partial charge < -0.3 is 9.74 Å². The Bertz CT molecular complexity index is 1000. The van der Waals surface area contributed by atoms with Crippen molar-refractivity contribution in [2.75, 3.05) is 14.1 Å². The molecule has 11 heteroatoms. The summed E-state index contributed by atoms with van der Waals surface area (Å²) in [5.41, 5.74) is -2.57. The molecule has 3 rings (SSSR count). The predicted octanol–water partition coefficient (Wildman–Crippen LogP) is 3.32. The largest absolute Gasteiger partial charge is 0.366 e. The molecular weight excluding hydrogens is 408 g/mol. The minimum Gasteiger partial charge on any atom is -0.348 e. The number of non-ortho nitro benzene ring substituents is 2. The topological polar surface area (TPSA) is 145 Å². The zero-order valence-corrected chi connectivity index (χ0v) is 18.0. The fraction of sp³-hybridized carbons (Fsp3) is 0.550. The second-order valence-corrected chi connectivity index (χ2v) is 9.08. The highest BCUT2D eigenvalue weighted by Gasteiger charge is 2.72. The molecule has 1 aromatic carbocycles. The minimum absolute atomic E-state index is 0.00735. The molecule has 11 nitrogen and oxygen atoms in total. The van der Waals surface area contributed by atoms with Gasteiger partial charge in [0.1, 0.15) is 0 Å². The van der Waals surface area contributed by atoms with Crippen molar-refractivity contribution in [2.24, 2.45) is 21.4 Å². The van der Waals surface area contributed by atoms with Crippen molar-refractivity contribution in [1.29, 1.82) is 0 Å². The molecule has 2 fully saturated rings. The lowest BCUT2D eigenvalue weighted by atomic mass is 9.64. The Kier molecular flexibility index (Phi) is 5.11. The first-order chi connectivity index (χ1) is 14.3. The number of hydrogen-bond donors (Lipinski definition) is 0. The molecule has 2 saturated carbocycles. The number of benzene rings is 1. The molecule has 0 aliphatic heterocycles. The molecule has 0 radical (unpaired) electrons. The summed E-state index contributed by atoms with van der Waals surface area (Å²) in [6.45, 7) is 6.00. The molecule has 0 aromatic heterocycles. The molecule has 166 valence electrons. The number of nitro benzene ring substituents is 2. The second kappa shape index (κ2) is 7.10. The lowest BCUT2D eigenvalue weighted by molar-refractivity contribution is -0.394. The first kappa shape index (κ1) is 22.3. The number of oxime groups is 1. The van der Waals surface area contributed by atoms with Gasteiger partial charge in [-0.25, -0.2) is 4.79 Å². The fourth-order valence-corrected chi connectivity index (χ4v) is 5.00. The zero-order chi connectivity index (χ0) is 23.4. The molecule has 2 aliphatic rings. The van der Waals surface area contributed by atoms with E-state index in [0.29, 0.717) is 25.0 Å². The van der Waals surface area contributed by atoms with Gasteiger partial charge in [0.05, 0.1) is 32.6 Å². The maximum Gasteiger partial charge on any atom is 0.366 e. The van der Waals surface area contributed by atoms with E-state index in [9.17, 15) is 29.8 Å². The van der Waals surface area contributed by atoms with Crippen molar-refractivity contribution in [3.63, 3.8) is 0 Å². The van der Waals surface area contributed by atoms with Crippen molar-refractivity contribution in [1.82, 2.24) is 4.90 Å². The second-order valence-electron chi connectivity index (χ2n) is 9.08. The van der Waals surface area contributed by atoms with Crippen LogP contribution in [0.3, 0.4) is 0 Å². The Balaban J connectivity index is 1.93. The summed E-state index contributed by atoms with van der Waals surface area (Å²) in [5.74, 6) is -1.05. The number of carbonyl (C=O) groups is 2. The SMILES string of the molecule is CN(C)C(=O)C12CCC(C)(C(=NOC(=O)c3cc([N+](=O)[O-])cc([N+](=O)[O-])c3)C1)C2(C)C. The predicted molar refractivity (Wildman–Crippen MR) is 109 cm³/mol. The Morgan fingerprint density at radius 1 is 1.03 bits per heavy atom. The van der Waals surface area contributed by atoms with Crippen LogP contribution in [0, 0.1) is 36.5 Å². The number of nitro groups is 2. The molecule has 2 atom stereocenters. The molecule has 0 heterocycles. The quantitative estimate of drug-likeness (QED) is 0.394. The van der Waals surface area contributed by atoms with E-state index < -0.39 is 43.4 Å². The van der Waals surface area contributed by atoms with Crippen LogP contribution in [0.15, 0.2) is 23.4 Å². The molecule has 31 heavy (non-hydrogen) atoms. The zero-order valence-electron chi connectivity index (χ0n) is 18.0. The molecular formula is C20H24N4O7. The molecule has 2 bridgehead atoms. The van der Waals surface area contributed by atoms with Gasteiger partial charge in [-0.3, -0.25) is 25.0 Å². The van der Waals surface area contributed by atoms with E-state index in [0.717, 1.165) is 18.2 Å². The van der Waals surface area contributed by atoms with Crippen LogP contribution < -0.4 is 0 Å². The van der Waals surface area contributed by atoms with Crippen LogP contribution in [0.2, 0.25) is 0 Å². The van der Waals surface area contributed by atoms with Crippen LogP contribution in [0.4, 0.5) is 11.4 Å². The molecule has 0 saturated heterocycles. The summed E-state index contributed by atoms with van der Waals surface area (Å²) in [4.78, 5) is 52.6. The third kappa shape index (κ3) is 3.15. The number of hydrogen-bond acceptors (Lipinski definition) is 8. The normalized spacial score (nSPS) is 27.2.